The van der Waals surface area contributed by atoms with Crippen LogP contribution in [-0.2, 0) is 17.4 Å². The van der Waals surface area contributed by atoms with Gasteiger partial charge in [-0.15, -0.1) is 0 Å². The highest BCUT2D eigenvalue weighted by atomic mass is 19.4. The van der Waals surface area contributed by atoms with Crippen molar-refractivity contribution in [2.24, 2.45) is 0 Å². The Bertz CT molecular complexity index is 683. The van der Waals surface area contributed by atoms with Crippen molar-refractivity contribution in [2.45, 2.75) is 12.6 Å². The first-order valence-corrected chi connectivity index (χ1v) is 5.83. The number of carboxylic acids is 1. The van der Waals surface area contributed by atoms with Gasteiger partial charge in [0.05, 0.1) is 12.1 Å². The molecule has 0 aliphatic heterocycles. The highest BCUT2D eigenvalue weighted by Crippen LogP contribution is 2.32. The number of alkyl halides is 3. The number of nitrogens with zero attached hydrogens (tertiary/aromatic N) is 1. The normalized spacial score (nSPS) is 11.4. The van der Waals surface area contributed by atoms with Crippen LogP contribution in [0.5, 0.6) is 0 Å². The number of carboxylic acid groups (broad SMARTS) is 1. The molecule has 1 N–H and O–H groups in total. The van der Waals surface area contributed by atoms with Gasteiger partial charge < -0.3 is 5.11 Å². The number of rotatable bonds is 3. The SMILES string of the molecule is O=C(O)Cc1ccc(C(F)(F)F)nc1-c1ccccc1F. The number of benzene rings is 1. The fourth-order valence-electron chi connectivity index (χ4n) is 1.84. The minimum atomic E-state index is -4.69. The number of pyridine rings is 1. The van der Waals surface area contributed by atoms with E-state index in [1.165, 1.54) is 18.2 Å². The zero-order valence-electron chi connectivity index (χ0n) is 10.5. The maximum atomic E-state index is 13.8. The summed E-state index contributed by atoms with van der Waals surface area (Å²) in [5.41, 5.74) is -1.67. The lowest BCUT2D eigenvalue weighted by Gasteiger charge is -2.12. The first-order valence-electron chi connectivity index (χ1n) is 5.83. The quantitative estimate of drug-likeness (QED) is 0.882. The molecular weight excluding hydrogens is 290 g/mol. The topological polar surface area (TPSA) is 50.2 Å². The van der Waals surface area contributed by atoms with Gasteiger partial charge in [-0.25, -0.2) is 9.37 Å². The number of aliphatic carboxylic acids is 1. The lowest BCUT2D eigenvalue weighted by molar-refractivity contribution is -0.141. The molecule has 0 fully saturated rings. The first-order chi connectivity index (χ1) is 9.79. The van der Waals surface area contributed by atoms with Gasteiger partial charge in [-0.05, 0) is 23.8 Å². The van der Waals surface area contributed by atoms with Gasteiger partial charge in [-0.3, -0.25) is 4.79 Å². The van der Waals surface area contributed by atoms with Crippen LogP contribution in [0.4, 0.5) is 17.6 Å². The summed E-state index contributed by atoms with van der Waals surface area (Å²) in [6.07, 6.45) is -5.24. The molecule has 7 heteroatoms. The van der Waals surface area contributed by atoms with Crippen LogP contribution in [0.3, 0.4) is 0 Å². The fraction of sp³-hybridized carbons (Fsp3) is 0.143. The zero-order chi connectivity index (χ0) is 15.6. The summed E-state index contributed by atoms with van der Waals surface area (Å²) in [6, 6.07) is 6.83. The minimum Gasteiger partial charge on any atom is -0.481 e. The predicted octanol–water partition coefficient (Wildman–Crippen LogP) is 3.53. The van der Waals surface area contributed by atoms with E-state index >= 15 is 0 Å². The average Bonchev–Trinajstić information content (AvgIpc) is 2.38. The second kappa shape index (κ2) is 5.51. The molecule has 110 valence electrons. The third-order valence-electron chi connectivity index (χ3n) is 2.74. The van der Waals surface area contributed by atoms with Crippen LogP contribution in [-0.4, -0.2) is 16.1 Å². The maximum Gasteiger partial charge on any atom is 0.433 e. The van der Waals surface area contributed by atoms with Gasteiger partial charge in [-0.2, -0.15) is 13.2 Å². The Balaban J connectivity index is 2.64. The number of hydrogen-bond acceptors (Lipinski definition) is 2. The molecule has 0 atom stereocenters. The fourth-order valence-corrected chi connectivity index (χ4v) is 1.84. The van der Waals surface area contributed by atoms with Crippen LogP contribution < -0.4 is 0 Å². The van der Waals surface area contributed by atoms with Crippen molar-refractivity contribution in [3.8, 4) is 11.3 Å². The lowest BCUT2D eigenvalue weighted by Crippen LogP contribution is -2.11. The van der Waals surface area contributed by atoms with E-state index < -0.39 is 30.1 Å². The zero-order valence-corrected chi connectivity index (χ0v) is 10.5. The monoisotopic (exact) mass is 299 g/mol. The third kappa shape index (κ3) is 3.36. The standard InChI is InChI=1S/C14H9F4NO2/c15-10-4-2-1-3-9(10)13-8(7-12(20)21)5-6-11(19-13)14(16,17)18/h1-6H,7H2,(H,20,21). The van der Waals surface area contributed by atoms with Crippen LogP contribution in [0.15, 0.2) is 36.4 Å². The second-order valence-electron chi connectivity index (χ2n) is 4.25. The summed E-state index contributed by atoms with van der Waals surface area (Å²) in [6.45, 7) is 0. The highest BCUT2D eigenvalue weighted by Gasteiger charge is 2.33. The average molecular weight is 299 g/mol. The lowest BCUT2D eigenvalue weighted by atomic mass is 10.0. The molecule has 0 spiro atoms. The summed E-state index contributed by atoms with van der Waals surface area (Å²) in [7, 11) is 0. The Morgan fingerprint density at radius 2 is 1.81 bits per heavy atom. The van der Waals surface area contributed by atoms with E-state index in [2.05, 4.69) is 4.98 Å². The van der Waals surface area contributed by atoms with Gasteiger partial charge in [0, 0.05) is 5.56 Å². The Morgan fingerprint density at radius 1 is 1.14 bits per heavy atom. The van der Waals surface area contributed by atoms with Crippen LogP contribution in [0.2, 0.25) is 0 Å². The van der Waals surface area contributed by atoms with Gasteiger partial charge in [0.2, 0.25) is 0 Å². The second-order valence-corrected chi connectivity index (χ2v) is 4.25. The molecule has 0 aliphatic carbocycles. The van der Waals surface area contributed by atoms with Crippen molar-refractivity contribution in [3.05, 3.63) is 53.5 Å². The molecule has 0 saturated carbocycles. The maximum absolute atomic E-state index is 13.8. The van der Waals surface area contributed by atoms with E-state index in [9.17, 15) is 22.4 Å². The Labute approximate surface area is 116 Å². The van der Waals surface area contributed by atoms with E-state index in [1.807, 2.05) is 0 Å². The van der Waals surface area contributed by atoms with Crippen molar-refractivity contribution >= 4 is 5.97 Å². The van der Waals surface area contributed by atoms with Gasteiger partial charge in [0.25, 0.3) is 0 Å². The molecule has 0 unspecified atom stereocenters. The molecule has 0 bridgehead atoms. The summed E-state index contributed by atoms with van der Waals surface area (Å²) >= 11 is 0. The number of hydrogen-bond donors (Lipinski definition) is 1. The molecule has 1 heterocycles. The Hall–Kier alpha value is -2.44. The molecule has 1 aromatic heterocycles. The van der Waals surface area contributed by atoms with E-state index in [4.69, 9.17) is 5.11 Å². The summed E-state index contributed by atoms with van der Waals surface area (Å²) in [5, 5.41) is 8.79. The van der Waals surface area contributed by atoms with E-state index in [0.29, 0.717) is 6.07 Å². The molecule has 0 aliphatic rings. The van der Waals surface area contributed by atoms with Gasteiger partial charge in [0.15, 0.2) is 0 Å². The van der Waals surface area contributed by atoms with Crippen molar-refractivity contribution in [2.75, 3.05) is 0 Å². The van der Waals surface area contributed by atoms with E-state index in [-0.39, 0.29) is 16.8 Å². The molecule has 0 saturated heterocycles. The van der Waals surface area contributed by atoms with Crippen LogP contribution in [0.25, 0.3) is 11.3 Å². The molecule has 21 heavy (non-hydrogen) atoms. The minimum absolute atomic E-state index is 0.0144. The van der Waals surface area contributed by atoms with Gasteiger partial charge in [0.1, 0.15) is 11.5 Å². The molecule has 1 aromatic carbocycles. The van der Waals surface area contributed by atoms with Crippen molar-refractivity contribution in [3.63, 3.8) is 0 Å². The van der Waals surface area contributed by atoms with Crippen molar-refractivity contribution in [1.82, 2.24) is 4.98 Å². The van der Waals surface area contributed by atoms with E-state index in [0.717, 1.165) is 12.1 Å². The number of carbonyl (C=O) groups is 1. The smallest absolute Gasteiger partial charge is 0.433 e. The van der Waals surface area contributed by atoms with Gasteiger partial charge >= 0.3 is 12.1 Å². The Morgan fingerprint density at radius 3 is 2.38 bits per heavy atom. The summed E-state index contributed by atoms with van der Waals surface area (Å²) < 4.78 is 51.9. The largest absolute Gasteiger partial charge is 0.481 e. The molecular formula is C14H9F4NO2. The summed E-state index contributed by atoms with van der Waals surface area (Å²) in [5.74, 6) is -2.01. The van der Waals surface area contributed by atoms with Crippen LogP contribution >= 0.6 is 0 Å². The number of halogens is 4. The van der Waals surface area contributed by atoms with Crippen LogP contribution in [0, 0.1) is 5.82 Å². The first kappa shape index (κ1) is 15.0. The Kier molecular flexibility index (Phi) is 3.93. The highest BCUT2D eigenvalue weighted by molar-refractivity contribution is 5.75. The molecule has 0 amide bonds. The predicted molar refractivity (Wildman–Crippen MR) is 66.0 cm³/mol. The summed E-state index contributed by atoms with van der Waals surface area (Å²) in [4.78, 5) is 14.2. The third-order valence-corrected chi connectivity index (χ3v) is 2.74. The van der Waals surface area contributed by atoms with E-state index in [1.54, 1.807) is 0 Å². The molecule has 3 nitrogen and oxygen atoms in total. The molecule has 2 aromatic rings. The van der Waals surface area contributed by atoms with Crippen molar-refractivity contribution in [1.29, 1.82) is 0 Å². The van der Waals surface area contributed by atoms with Crippen molar-refractivity contribution < 1.29 is 27.5 Å². The molecule has 2 rings (SSSR count). The van der Waals surface area contributed by atoms with Crippen LogP contribution in [0.1, 0.15) is 11.3 Å². The number of aromatic nitrogens is 1. The molecule has 0 radical (unpaired) electrons. The van der Waals surface area contributed by atoms with Gasteiger partial charge in [-0.1, -0.05) is 18.2 Å².